The van der Waals surface area contributed by atoms with Crippen LogP contribution in [0.3, 0.4) is 0 Å². The highest BCUT2D eigenvalue weighted by Gasteiger charge is 1.69. The summed E-state index contributed by atoms with van der Waals surface area (Å²) < 4.78 is 0. The largest absolute Gasteiger partial charge is 0.366 e. The summed E-state index contributed by atoms with van der Waals surface area (Å²) in [6.07, 6.45) is 1.06. The SMILES string of the molecule is C=CC(N)=O.Cl[SiH2]Cl. The Kier molecular flexibility index (Phi) is 13.7. The predicted octanol–water partition coefficient (Wildman–Crippen LogP) is 0.121. The molecular weight excluding hydrogens is 165 g/mol. The number of halogens is 2. The normalized spacial score (nSPS) is 6.25. The van der Waals surface area contributed by atoms with Crippen molar-refractivity contribution in [3.8, 4) is 0 Å². The molecule has 0 aromatic carbocycles. The highest BCUT2D eigenvalue weighted by atomic mass is 35.7. The molecule has 48 valence electrons. The van der Waals surface area contributed by atoms with E-state index in [4.69, 9.17) is 22.2 Å². The van der Waals surface area contributed by atoms with Gasteiger partial charge in [0.15, 0.2) is 0 Å². The van der Waals surface area contributed by atoms with E-state index in [1.54, 1.807) is 0 Å². The quantitative estimate of drug-likeness (QED) is 0.340. The molecule has 0 radical (unpaired) electrons. The fourth-order valence-corrected chi connectivity index (χ4v) is 0. The summed E-state index contributed by atoms with van der Waals surface area (Å²) in [5.74, 6) is -0.481. The van der Waals surface area contributed by atoms with Crippen molar-refractivity contribution in [2.45, 2.75) is 0 Å². The van der Waals surface area contributed by atoms with E-state index in [1.165, 1.54) is 0 Å². The van der Waals surface area contributed by atoms with Crippen LogP contribution in [0.25, 0.3) is 0 Å². The second kappa shape index (κ2) is 10.1. The molecule has 2 N–H and O–H groups in total. The summed E-state index contributed by atoms with van der Waals surface area (Å²) in [6.45, 7) is 3.09. The van der Waals surface area contributed by atoms with Crippen LogP contribution < -0.4 is 5.73 Å². The van der Waals surface area contributed by atoms with Crippen LogP contribution in [0, 0.1) is 0 Å². The Morgan fingerprint density at radius 3 is 1.88 bits per heavy atom. The Morgan fingerprint density at radius 1 is 1.75 bits per heavy atom. The molecule has 0 aromatic rings. The van der Waals surface area contributed by atoms with Gasteiger partial charge in [-0.3, -0.25) is 4.79 Å². The van der Waals surface area contributed by atoms with Crippen molar-refractivity contribution in [3.63, 3.8) is 0 Å². The van der Waals surface area contributed by atoms with E-state index < -0.39 is 14.0 Å². The molecule has 0 atom stereocenters. The molecule has 0 aliphatic heterocycles. The maximum atomic E-state index is 9.47. The monoisotopic (exact) mass is 171 g/mol. The van der Waals surface area contributed by atoms with Crippen LogP contribution in [0.1, 0.15) is 0 Å². The average Bonchev–Trinajstić information content (AvgIpc) is 1.69. The number of hydrogen-bond acceptors (Lipinski definition) is 1. The van der Waals surface area contributed by atoms with Gasteiger partial charge in [0.1, 0.15) is 0 Å². The molecule has 5 heteroatoms. The van der Waals surface area contributed by atoms with E-state index in [0.29, 0.717) is 0 Å². The maximum absolute atomic E-state index is 9.47. The molecule has 0 rings (SSSR count). The number of nitrogens with two attached hydrogens (primary N) is 1. The summed E-state index contributed by atoms with van der Waals surface area (Å²) in [7, 11) is -0.639. The van der Waals surface area contributed by atoms with Crippen LogP contribution in [0.4, 0.5) is 0 Å². The molecular formula is C3H7Cl2NOSi. The summed E-state index contributed by atoms with van der Waals surface area (Å²) in [6, 6.07) is 0. The Balaban J connectivity index is 0. The minimum atomic E-state index is -0.639. The molecule has 0 unspecified atom stereocenters. The second-order valence-electron chi connectivity index (χ2n) is 0.708. The predicted molar refractivity (Wildman–Crippen MR) is 39.6 cm³/mol. The van der Waals surface area contributed by atoms with Gasteiger partial charge in [-0.25, -0.2) is 0 Å². The molecule has 0 spiro atoms. The topological polar surface area (TPSA) is 43.1 Å². The molecule has 0 aliphatic carbocycles. The van der Waals surface area contributed by atoms with Crippen LogP contribution in [0.5, 0.6) is 0 Å². The highest BCUT2D eigenvalue weighted by molar-refractivity contribution is 7.22. The van der Waals surface area contributed by atoms with Gasteiger partial charge in [-0.2, -0.15) is 22.2 Å². The zero-order chi connectivity index (χ0) is 6.99. The number of amides is 1. The van der Waals surface area contributed by atoms with E-state index in [9.17, 15) is 4.79 Å². The molecule has 0 fully saturated rings. The summed E-state index contributed by atoms with van der Waals surface area (Å²) in [5.41, 5.74) is 4.53. The summed E-state index contributed by atoms with van der Waals surface area (Å²) in [5, 5.41) is 0. The maximum Gasteiger partial charge on any atom is 0.240 e. The van der Waals surface area contributed by atoms with Gasteiger partial charge in [-0.15, -0.1) is 0 Å². The number of carbonyl (C=O) groups excluding carboxylic acids is 1. The van der Waals surface area contributed by atoms with Gasteiger partial charge in [0.05, 0.1) is 0 Å². The van der Waals surface area contributed by atoms with Crippen molar-refractivity contribution in [1.29, 1.82) is 0 Å². The van der Waals surface area contributed by atoms with Crippen molar-refractivity contribution in [3.05, 3.63) is 12.7 Å². The zero-order valence-electron chi connectivity index (χ0n) is 4.23. The molecule has 0 heterocycles. The third kappa shape index (κ3) is 37.4. The number of hydrogen-bond donors (Lipinski definition) is 1. The molecule has 0 bridgehead atoms. The molecule has 0 aromatic heterocycles. The fourth-order valence-electron chi connectivity index (χ4n) is 0. The first kappa shape index (κ1) is 10.9. The molecule has 0 saturated heterocycles. The number of primary amides is 1. The van der Waals surface area contributed by atoms with Crippen LogP contribution in [0.15, 0.2) is 12.7 Å². The van der Waals surface area contributed by atoms with E-state index >= 15 is 0 Å². The summed E-state index contributed by atoms with van der Waals surface area (Å²) in [4.78, 5) is 9.47. The van der Waals surface area contributed by atoms with Crippen molar-refractivity contribution in [1.82, 2.24) is 0 Å². The van der Waals surface area contributed by atoms with Gasteiger partial charge in [-0.05, 0) is 6.08 Å². The molecule has 0 aliphatic rings. The minimum absolute atomic E-state index is 0.481. The van der Waals surface area contributed by atoms with Gasteiger partial charge in [0.25, 0.3) is 0 Å². The van der Waals surface area contributed by atoms with E-state index in [-0.39, 0.29) is 0 Å². The van der Waals surface area contributed by atoms with Gasteiger partial charge in [0, 0.05) is 0 Å². The fraction of sp³-hybridized carbons (Fsp3) is 0. The van der Waals surface area contributed by atoms with Gasteiger partial charge in [0.2, 0.25) is 14.0 Å². The molecule has 8 heavy (non-hydrogen) atoms. The first-order chi connectivity index (χ1) is 3.68. The highest BCUT2D eigenvalue weighted by Crippen LogP contribution is 1.67. The first-order valence-corrected chi connectivity index (χ1v) is 6.00. The Labute approximate surface area is 59.9 Å². The molecule has 1 amide bonds. The third-order valence-corrected chi connectivity index (χ3v) is 0.201. The van der Waals surface area contributed by atoms with Crippen LogP contribution >= 0.6 is 22.2 Å². The molecule has 0 saturated carbocycles. The van der Waals surface area contributed by atoms with E-state index in [0.717, 1.165) is 6.08 Å². The van der Waals surface area contributed by atoms with Crippen LogP contribution in [-0.4, -0.2) is 14.0 Å². The van der Waals surface area contributed by atoms with Crippen LogP contribution in [-0.2, 0) is 4.79 Å². The lowest BCUT2D eigenvalue weighted by molar-refractivity contribution is -0.113. The lowest BCUT2D eigenvalue weighted by Gasteiger charge is -1.65. The molecule has 2 nitrogen and oxygen atoms in total. The average molecular weight is 172 g/mol. The van der Waals surface area contributed by atoms with E-state index in [2.05, 4.69) is 12.3 Å². The second-order valence-corrected chi connectivity index (χ2v) is 3.33. The van der Waals surface area contributed by atoms with Gasteiger partial charge >= 0.3 is 0 Å². The third-order valence-electron chi connectivity index (χ3n) is 0.201. The summed E-state index contributed by atoms with van der Waals surface area (Å²) >= 11 is 9.81. The van der Waals surface area contributed by atoms with Crippen molar-refractivity contribution in [2.24, 2.45) is 5.73 Å². The lowest BCUT2D eigenvalue weighted by atomic mass is 10.6. The standard InChI is InChI=1S/C3H5NO.Cl2H2Si/c1-2-3(4)5;1-3-2/h2H,1H2,(H2,4,5);3H2. The Morgan fingerprint density at radius 2 is 1.88 bits per heavy atom. The Hall–Kier alpha value is 0.00688. The van der Waals surface area contributed by atoms with Crippen molar-refractivity contribution < 1.29 is 4.79 Å². The zero-order valence-corrected chi connectivity index (χ0v) is 7.16. The number of rotatable bonds is 1. The van der Waals surface area contributed by atoms with Gasteiger partial charge < -0.3 is 5.73 Å². The van der Waals surface area contributed by atoms with Crippen molar-refractivity contribution >= 4 is 36.2 Å². The van der Waals surface area contributed by atoms with Crippen LogP contribution in [0.2, 0.25) is 0 Å². The first-order valence-electron chi connectivity index (χ1n) is 1.72. The van der Waals surface area contributed by atoms with Crippen molar-refractivity contribution in [2.75, 3.05) is 0 Å². The Bertz CT molecular complexity index is 77.7. The van der Waals surface area contributed by atoms with Gasteiger partial charge in [-0.1, -0.05) is 6.58 Å². The lowest BCUT2D eigenvalue weighted by Crippen LogP contribution is -2.04. The smallest absolute Gasteiger partial charge is 0.240 e. The van der Waals surface area contributed by atoms with E-state index in [1.807, 2.05) is 0 Å². The minimum Gasteiger partial charge on any atom is -0.366 e. The number of carbonyl (C=O) groups is 1.